The number of hydrogen-bond acceptors (Lipinski definition) is 4. The first kappa shape index (κ1) is 20.7. The fourth-order valence-electron chi connectivity index (χ4n) is 3.93. The Morgan fingerprint density at radius 3 is 2.57 bits per heavy atom. The first-order chi connectivity index (χ1) is 14.6. The van der Waals surface area contributed by atoms with Crippen LogP contribution in [0, 0.1) is 19.8 Å². The molecule has 0 N–H and O–H groups in total. The molecule has 3 aromatic rings. The molecule has 1 aromatic heterocycles. The van der Waals surface area contributed by atoms with Crippen molar-refractivity contribution in [1.29, 1.82) is 0 Å². The number of benzene rings is 2. The standard InChI is InChI=1S/C24H28N4OS/c1-18-8-9-22(14-19(18)2)28-17-25-26-24(28)30-16-23(29)27-12-10-21(11-13-27)15-20-6-4-3-5-7-20/h3-9,14,17,21H,10-13,15-16H2,1-2H3. The van der Waals surface area contributed by atoms with E-state index < -0.39 is 0 Å². The lowest BCUT2D eigenvalue weighted by molar-refractivity contribution is -0.129. The van der Waals surface area contributed by atoms with Gasteiger partial charge in [0.1, 0.15) is 6.33 Å². The van der Waals surface area contributed by atoms with E-state index in [0.29, 0.717) is 11.7 Å². The second-order valence-corrected chi connectivity index (χ2v) is 9.00. The number of hydrogen-bond donors (Lipinski definition) is 0. The fraction of sp³-hybridized carbons (Fsp3) is 0.375. The number of nitrogens with zero attached hydrogens (tertiary/aromatic N) is 4. The third-order valence-corrected chi connectivity index (χ3v) is 6.87. The van der Waals surface area contributed by atoms with E-state index in [1.165, 1.54) is 28.5 Å². The van der Waals surface area contributed by atoms with Crippen molar-refractivity contribution in [2.75, 3.05) is 18.8 Å². The second-order valence-electron chi connectivity index (χ2n) is 8.05. The first-order valence-corrected chi connectivity index (χ1v) is 11.5. The van der Waals surface area contributed by atoms with E-state index >= 15 is 0 Å². The molecule has 1 aliphatic rings. The quantitative estimate of drug-likeness (QED) is 0.553. The SMILES string of the molecule is Cc1ccc(-n2cnnc2SCC(=O)N2CCC(Cc3ccccc3)CC2)cc1C. The number of carbonyl (C=O) groups is 1. The zero-order chi connectivity index (χ0) is 20.9. The molecule has 1 fully saturated rings. The summed E-state index contributed by atoms with van der Waals surface area (Å²) in [6.45, 7) is 5.89. The smallest absolute Gasteiger partial charge is 0.233 e. The molecule has 0 unspecified atom stereocenters. The summed E-state index contributed by atoms with van der Waals surface area (Å²) < 4.78 is 1.95. The number of aryl methyl sites for hydroxylation is 2. The highest BCUT2D eigenvalue weighted by Crippen LogP contribution is 2.24. The summed E-state index contributed by atoms with van der Waals surface area (Å²) in [6, 6.07) is 16.9. The van der Waals surface area contributed by atoms with Crippen molar-refractivity contribution in [2.24, 2.45) is 5.92 Å². The third-order valence-electron chi connectivity index (χ3n) is 5.94. The Morgan fingerprint density at radius 2 is 1.83 bits per heavy atom. The topological polar surface area (TPSA) is 51.0 Å². The van der Waals surface area contributed by atoms with Crippen LogP contribution in [0.25, 0.3) is 5.69 Å². The van der Waals surface area contributed by atoms with Gasteiger partial charge in [0.25, 0.3) is 0 Å². The molecule has 0 spiro atoms. The lowest BCUT2D eigenvalue weighted by Gasteiger charge is -2.32. The maximum absolute atomic E-state index is 12.8. The molecule has 4 rings (SSSR count). The highest BCUT2D eigenvalue weighted by atomic mass is 32.2. The van der Waals surface area contributed by atoms with E-state index in [0.717, 1.165) is 43.2 Å². The van der Waals surface area contributed by atoms with Crippen molar-refractivity contribution < 1.29 is 4.79 Å². The molecule has 5 nitrogen and oxygen atoms in total. The van der Waals surface area contributed by atoms with Crippen LogP contribution in [0.2, 0.25) is 0 Å². The minimum atomic E-state index is 0.188. The molecule has 0 bridgehead atoms. The molecule has 2 heterocycles. The van der Waals surface area contributed by atoms with Crippen LogP contribution in [0.5, 0.6) is 0 Å². The molecular weight excluding hydrogens is 392 g/mol. The molecule has 2 aromatic carbocycles. The van der Waals surface area contributed by atoms with E-state index in [1.54, 1.807) is 6.33 Å². The van der Waals surface area contributed by atoms with Crippen LogP contribution in [0.15, 0.2) is 60.0 Å². The Bertz CT molecular complexity index is 993. The number of thioether (sulfide) groups is 1. The lowest BCUT2D eigenvalue weighted by atomic mass is 9.90. The van der Waals surface area contributed by atoms with Gasteiger partial charge >= 0.3 is 0 Å². The number of piperidine rings is 1. The third kappa shape index (κ3) is 4.93. The van der Waals surface area contributed by atoms with Gasteiger partial charge in [-0.1, -0.05) is 48.2 Å². The molecule has 1 saturated heterocycles. The number of aromatic nitrogens is 3. The van der Waals surface area contributed by atoms with Gasteiger partial charge in [0.2, 0.25) is 5.91 Å². The van der Waals surface area contributed by atoms with Gasteiger partial charge in [0.15, 0.2) is 5.16 Å². The van der Waals surface area contributed by atoms with Crippen molar-refractivity contribution in [3.63, 3.8) is 0 Å². The van der Waals surface area contributed by atoms with Crippen LogP contribution in [0.4, 0.5) is 0 Å². The van der Waals surface area contributed by atoms with E-state index in [9.17, 15) is 4.79 Å². The predicted molar refractivity (Wildman–Crippen MR) is 121 cm³/mol. The Labute approximate surface area is 182 Å². The zero-order valence-electron chi connectivity index (χ0n) is 17.6. The first-order valence-electron chi connectivity index (χ1n) is 10.5. The van der Waals surface area contributed by atoms with Gasteiger partial charge in [0, 0.05) is 18.8 Å². The van der Waals surface area contributed by atoms with E-state index in [1.807, 2.05) is 9.47 Å². The summed E-state index contributed by atoms with van der Waals surface area (Å²) in [4.78, 5) is 14.8. The van der Waals surface area contributed by atoms with Crippen LogP contribution in [0.1, 0.15) is 29.5 Å². The molecule has 0 radical (unpaired) electrons. The highest BCUT2D eigenvalue weighted by Gasteiger charge is 2.23. The van der Waals surface area contributed by atoms with Gasteiger partial charge < -0.3 is 4.90 Å². The summed E-state index contributed by atoms with van der Waals surface area (Å²) in [5.41, 5.74) is 4.90. The second kappa shape index (κ2) is 9.47. The van der Waals surface area contributed by atoms with E-state index in [4.69, 9.17) is 0 Å². The predicted octanol–water partition coefficient (Wildman–Crippen LogP) is 4.46. The van der Waals surface area contributed by atoms with Crippen LogP contribution in [-0.4, -0.2) is 44.4 Å². The molecular formula is C24H28N4OS. The van der Waals surface area contributed by atoms with Crippen molar-refractivity contribution in [2.45, 2.75) is 38.3 Å². The maximum Gasteiger partial charge on any atom is 0.233 e. The van der Waals surface area contributed by atoms with Gasteiger partial charge in [-0.25, -0.2) is 0 Å². The summed E-state index contributed by atoms with van der Waals surface area (Å²) in [5, 5.41) is 9.04. The number of carbonyl (C=O) groups excluding carboxylic acids is 1. The van der Waals surface area contributed by atoms with Gasteiger partial charge in [-0.05, 0) is 67.9 Å². The van der Waals surface area contributed by atoms with Crippen molar-refractivity contribution in [1.82, 2.24) is 19.7 Å². The van der Waals surface area contributed by atoms with Gasteiger partial charge in [-0.2, -0.15) is 0 Å². The van der Waals surface area contributed by atoms with Crippen LogP contribution < -0.4 is 0 Å². The summed E-state index contributed by atoms with van der Waals surface area (Å²) in [7, 11) is 0. The van der Waals surface area contributed by atoms with E-state index in [-0.39, 0.29) is 5.91 Å². The van der Waals surface area contributed by atoms with E-state index in [2.05, 4.69) is 72.6 Å². The fourth-order valence-corrected chi connectivity index (χ4v) is 4.76. The molecule has 156 valence electrons. The lowest BCUT2D eigenvalue weighted by Crippen LogP contribution is -2.39. The van der Waals surface area contributed by atoms with Crippen molar-refractivity contribution in [3.8, 4) is 5.69 Å². The minimum absolute atomic E-state index is 0.188. The monoisotopic (exact) mass is 420 g/mol. The highest BCUT2D eigenvalue weighted by molar-refractivity contribution is 7.99. The van der Waals surface area contributed by atoms with Gasteiger partial charge in [-0.15, -0.1) is 10.2 Å². The Hall–Kier alpha value is -2.60. The number of rotatable bonds is 6. The van der Waals surface area contributed by atoms with Crippen molar-refractivity contribution in [3.05, 3.63) is 71.5 Å². The Balaban J connectivity index is 1.30. The summed E-state index contributed by atoms with van der Waals surface area (Å²) in [5.74, 6) is 1.25. The molecule has 1 amide bonds. The largest absolute Gasteiger partial charge is 0.342 e. The normalized spacial score (nSPS) is 14.8. The Kier molecular flexibility index (Phi) is 6.53. The molecule has 30 heavy (non-hydrogen) atoms. The molecule has 0 atom stereocenters. The van der Waals surface area contributed by atoms with Crippen LogP contribution in [0.3, 0.4) is 0 Å². The number of amides is 1. The molecule has 0 saturated carbocycles. The summed E-state index contributed by atoms with van der Waals surface area (Å²) >= 11 is 1.46. The minimum Gasteiger partial charge on any atom is -0.342 e. The molecule has 1 aliphatic heterocycles. The van der Waals surface area contributed by atoms with Crippen LogP contribution in [-0.2, 0) is 11.2 Å². The average Bonchev–Trinajstić information content (AvgIpc) is 3.24. The Morgan fingerprint density at radius 1 is 1.07 bits per heavy atom. The maximum atomic E-state index is 12.8. The summed E-state index contributed by atoms with van der Waals surface area (Å²) in [6.07, 6.45) is 4.97. The average molecular weight is 421 g/mol. The van der Waals surface area contributed by atoms with Gasteiger partial charge in [-0.3, -0.25) is 9.36 Å². The molecule has 0 aliphatic carbocycles. The zero-order valence-corrected chi connectivity index (χ0v) is 18.4. The van der Waals surface area contributed by atoms with Crippen LogP contribution >= 0.6 is 11.8 Å². The van der Waals surface area contributed by atoms with Gasteiger partial charge in [0.05, 0.1) is 5.75 Å². The number of likely N-dealkylation sites (tertiary alicyclic amines) is 1. The van der Waals surface area contributed by atoms with Crippen molar-refractivity contribution >= 4 is 17.7 Å². The molecule has 6 heteroatoms.